The third-order valence-corrected chi connectivity index (χ3v) is 2.22. The molecule has 0 aliphatic carbocycles. The lowest BCUT2D eigenvalue weighted by atomic mass is 10.3. The summed E-state index contributed by atoms with van der Waals surface area (Å²) in [7, 11) is 0. The Morgan fingerprint density at radius 2 is 2.36 bits per heavy atom. The molecular weight excluding hydrogens is 271 g/mol. The van der Waals surface area contributed by atoms with Crippen molar-refractivity contribution in [3.63, 3.8) is 0 Å². The van der Waals surface area contributed by atoms with Crippen LogP contribution in [0.5, 0.6) is 5.75 Å². The van der Waals surface area contributed by atoms with E-state index in [0.717, 1.165) is 4.47 Å². The van der Waals surface area contributed by atoms with E-state index in [1.54, 1.807) is 18.2 Å². The summed E-state index contributed by atoms with van der Waals surface area (Å²) in [6.45, 7) is -0.160. The predicted octanol–water partition coefficient (Wildman–Crippen LogP) is 1.47. The van der Waals surface area contributed by atoms with Crippen LogP contribution in [-0.4, -0.2) is 12.5 Å². The van der Waals surface area contributed by atoms with E-state index in [-0.39, 0.29) is 6.61 Å². The Kier molecular flexibility index (Phi) is 4.19. The Hall–Kier alpha value is -0.780. The molecule has 0 radical (unpaired) electrons. The summed E-state index contributed by atoms with van der Waals surface area (Å²) in [6, 6.07) is 5.12. The minimum Gasteiger partial charge on any atom is -0.482 e. The highest BCUT2D eigenvalue weighted by Gasteiger charge is 2.04. The molecule has 3 N–H and O–H groups in total. The first-order valence-corrected chi connectivity index (χ1v) is 4.88. The minimum absolute atomic E-state index is 0.160. The highest BCUT2D eigenvalue weighted by molar-refractivity contribution is 9.10. The molecule has 1 aromatic rings. The van der Waals surface area contributed by atoms with E-state index in [9.17, 15) is 4.79 Å². The third kappa shape index (κ3) is 3.17. The smallest absolute Gasteiger partial charge is 0.271 e. The van der Waals surface area contributed by atoms with Gasteiger partial charge in [0.25, 0.3) is 5.91 Å². The zero-order valence-corrected chi connectivity index (χ0v) is 9.43. The molecule has 0 unspecified atom stereocenters. The highest BCUT2D eigenvalue weighted by Crippen LogP contribution is 2.27. The Morgan fingerprint density at radius 1 is 1.64 bits per heavy atom. The van der Waals surface area contributed by atoms with E-state index in [1.165, 1.54) is 0 Å². The number of carbonyl (C=O) groups is 1. The number of hydrazine groups is 1. The van der Waals surface area contributed by atoms with Crippen LogP contribution >= 0.6 is 27.5 Å². The lowest BCUT2D eigenvalue weighted by Gasteiger charge is -2.06. The van der Waals surface area contributed by atoms with Crippen LogP contribution in [0, 0.1) is 0 Å². The molecule has 0 bridgehead atoms. The fourth-order valence-electron chi connectivity index (χ4n) is 0.773. The normalized spacial score (nSPS) is 9.64. The molecule has 6 heteroatoms. The molecule has 0 saturated heterocycles. The van der Waals surface area contributed by atoms with Crippen molar-refractivity contribution in [2.24, 2.45) is 5.84 Å². The molecule has 4 nitrogen and oxygen atoms in total. The molecule has 0 saturated carbocycles. The Balaban J connectivity index is 2.66. The number of hydrogen-bond donors (Lipinski definition) is 2. The molecule has 0 heterocycles. The number of hydrogen-bond acceptors (Lipinski definition) is 3. The van der Waals surface area contributed by atoms with Gasteiger partial charge in [-0.2, -0.15) is 0 Å². The van der Waals surface area contributed by atoms with Crippen LogP contribution in [0.4, 0.5) is 0 Å². The summed E-state index contributed by atoms with van der Waals surface area (Å²) in [5, 5.41) is 0.443. The first-order chi connectivity index (χ1) is 6.63. The van der Waals surface area contributed by atoms with Crippen LogP contribution in [0.2, 0.25) is 5.02 Å². The standard InChI is InChI=1S/C8H8BrClN2O2/c9-5-1-2-6(10)7(3-5)14-4-8(13)12-11/h1-3H,4,11H2,(H,12,13). The van der Waals surface area contributed by atoms with E-state index in [0.29, 0.717) is 10.8 Å². The van der Waals surface area contributed by atoms with Crippen molar-refractivity contribution >= 4 is 33.4 Å². The van der Waals surface area contributed by atoms with Crippen LogP contribution < -0.4 is 16.0 Å². The summed E-state index contributed by atoms with van der Waals surface area (Å²) >= 11 is 9.07. The molecule has 1 amide bonds. The lowest BCUT2D eigenvalue weighted by molar-refractivity contribution is -0.123. The summed E-state index contributed by atoms with van der Waals surface area (Å²) in [6.07, 6.45) is 0. The first-order valence-electron chi connectivity index (χ1n) is 3.71. The van der Waals surface area contributed by atoms with Gasteiger partial charge >= 0.3 is 0 Å². The third-order valence-electron chi connectivity index (χ3n) is 1.41. The van der Waals surface area contributed by atoms with Gasteiger partial charge in [0.1, 0.15) is 5.75 Å². The molecule has 76 valence electrons. The van der Waals surface area contributed by atoms with E-state index in [1.807, 2.05) is 5.43 Å². The number of ether oxygens (including phenoxy) is 1. The number of benzene rings is 1. The van der Waals surface area contributed by atoms with Gasteiger partial charge in [-0.15, -0.1) is 0 Å². The van der Waals surface area contributed by atoms with Crippen molar-refractivity contribution in [2.75, 3.05) is 6.61 Å². The maximum absolute atomic E-state index is 10.8. The average molecular weight is 280 g/mol. The van der Waals surface area contributed by atoms with Crippen LogP contribution in [0.1, 0.15) is 0 Å². The second kappa shape index (κ2) is 5.19. The lowest BCUT2D eigenvalue weighted by Crippen LogP contribution is -2.34. The zero-order chi connectivity index (χ0) is 10.6. The van der Waals surface area contributed by atoms with Gasteiger partial charge in [0.05, 0.1) is 5.02 Å². The average Bonchev–Trinajstić information content (AvgIpc) is 2.19. The maximum Gasteiger partial charge on any atom is 0.271 e. The zero-order valence-electron chi connectivity index (χ0n) is 7.09. The van der Waals surface area contributed by atoms with E-state index in [4.69, 9.17) is 22.2 Å². The van der Waals surface area contributed by atoms with Crippen LogP contribution in [-0.2, 0) is 4.79 Å². The Bertz CT molecular complexity index is 346. The van der Waals surface area contributed by atoms with Crippen molar-refractivity contribution in [3.05, 3.63) is 27.7 Å². The number of carbonyl (C=O) groups excluding carboxylic acids is 1. The summed E-state index contributed by atoms with van der Waals surface area (Å²) in [4.78, 5) is 10.8. The van der Waals surface area contributed by atoms with Gasteiger partial charge in [-0.1, -0.05) is 27.5 Å². The van der Waals surface area contributed by atoms with Gasteiger partial charge in [0.2, 0.25) is 0 Å². The molecule has 0 aliphatic rings. The molecule has 14 heavy (non-hydrogen) atoms. The monoisotopic (exact) mass is 278 g/mol. The topological polar surface area (TPSA) is 64.3 Å². The minimum atomic E-state index is -0.416. The Morgan fingerprint density at radius 3 is 3.00 bits per heavy atom. The van der Waals surface area contributed by atoms with Gasteiger partial charge in [0.15, 0.2) is 6.61 Å². The van der Waals surface area contributed by atoms with Gasteiger partial charge in [0, 0.05) is 4.47 Å². The molecular formula is C8H8BrClN2O2. The number of nitrogens with one attached hydrogen (secondary N) is 1. The predicted molar refractivity (Wildman–Crippen MR) is 57.0 cm³/mol. The number of amides is 1. The van der Waals surface area contributed by atoms with Crippen molar-refractivity contribution < 1.29 is 9.53 Å². The van der Waals surface area contributed by atoms with Gasteiger partial charge in [-0.25, -0.2) is 5.84 Å². The molecule has 1 aromatic carbocycles. The van der Waals surface area contributed by atoms with E-state index in [2.05, 4.69) is 15.9 Å². The van der Waals surface area contributed by atoms with Gasteiger partial charge in [-0.3, -0.25) is 10.2 Å². The number of nitrogens with two attached hydrogens (primary N) is 1. The second-order valence-corrected chi connectivity index (χ2v) is 3.75. The summed E-state index contributed by atoms with van der Waals surface area (Å²) < 4.78 is 5.94. The van der Waals surface area contributed by atoms with E-state index < -0.39 is 5.91 Å². The highest BCUT2D eigenvalue weighted by atomic mass is 79.9. The second-order valence-electron chi connectivity index (χ2n) is 2.43. The molecule has 0 atom stereocenters. The van der Waals surface area contributed by atoms with E-state index >= 15 is 0 Å². The fraction of sp³-hybridized carbons (Fsp3) is 0.125. The summed E-state index contributed by atoms with van der Waals surface area (Å²) in [5.74, 6) is 4.90. The molecule has 1 rings (SSSR count). The number of halogens is 2. The maximum atomic E-state index is 10.8. The number of rotatable bonds is 3. The van der Waals surface area contributed by atoms with Crippen molar-refractivity contribution in [3.8, 4) is 5.75 Å². The first kappa shape index (κ1) is 11.3. The van der Waals surface area contributed by atoms with Crippen molar-refractivity contribution in [2.45, 2.75) is 0 Å². The summed E-state index contributed by atoms with van der Waals surface area (Å²) in [5.41, 5.74) is 1.95. The molecule has 0 aliphatic heterocycles. The van der Waals surface area contributed by atoms with Crippen LogP contribution in [0.3, 0.4) is 0 Å². The van der Waals surface area contributed by atoms with Crippen molar-refractivity contribution in [1.29, 1.82) is 0 Å². The fourth-order valence-corrected chi connectivity index (χ4v) is 1.28. The molecule has 0 aromatic heterocycles. The SMILES string of the molecule is NNC(=O)COc1cc(Br)ccc1Cl. The molecule has 0 fully saturated rings. The molecule has 0 spiro atoms. The van der Waals surface area contributed by atoms with Gasteiger partial charge < -0.3 is 4.74 Å². The van der Waals surface area contributed by atoms with Crippen molar-refractivity contribution in [1.82, 2.24) is 5.43 Å². The van der Waals surface area contributed by atoms with Crippen LogP contribution in [0.25, 0.3) is 0 Å². The Labute approximate surface area is 94.5 Å². The largest absolute Gasteiger partial charge is 0.482 e. The van der Waals surface area contributed by atoms with Gasteiger partial charge in [-0.05, 0) is 18.2 Å². The van der Waals surface area contributed by atoms with Crippen LogP contribution in [0.15, 0.2) is 22.7 Å². The quantitative estimate of drug-likeness (QED) is 0.500.